The lowest BCUT2D eigenvalue weighted by Crippen LogP contribution is -2.31. The van der Waals surface area contributed by atoms with Crippen LogP contribution >= 0.6 is 0 Å². The summed E-state index contributed by atoms with van der Waals surface area (Å²) >= 11 is 0. The Kier molecular flexibility index (Phi) is 4.79. The van der Waals surface area contributed by atoms with E-state index in [-0.39, 0.29) is 17.8 Å². The smallest absolute Gasteiger partial charge is 0.124 e. The van der Waals surface area contributed by atoms with Gasteiger partial charge in [-0.2, -0.15) is 0 Å². The molecule has 2 unspecified atom stereocenters. The minimum Gasteiger partial charge on any atom is -0.543 e. The third-order valence-corrected chi connectivity index (χ3v) is 3.37. The summed E-state index contributed by atoms with van der Waals surface area (Å²) in [7, 11) is 0. The number of aromatic carboxylic acids is 1. The van der Waals surface area contributed by atoms with Crippen LogP contribution in [0, 0.1) is 15.3 Å². The summed E-state index contributed by atoms with van der Waals surface area (Å²) in [5.74, 6) is -0.418. The number of imidazole rings is 1. The van der Waals surface area contributed by atoms with Gasteiger partial charge in [-0.25, -0.2) is 4.98 Å². The van der Waals surface area contributed by atoms with Crippen LogP contribution < -0.4 is 9.84 Å². The minimum absolute atomic E-state index is 0.0249. The Morgan fingerprint density at radius 1 is 1.39 bits per heavy atom. The average molecular weight is 319 g/mol. The summed E-state index contributed by atoms with van der Waals surface area (Å²) in [6.07, 6.45) is 3.58. The molecule has 0 bridgehead atoms. The molecule has 0 amide bonds. The summed E-state index contributed by atoms with van der Waals surface area (Å²) < 4.78 is 7.41. The zero-order valence-corrected chi connectivity index (χ0v) is 12.1. The van der Waals surface area contributed by atoms with Gasteiger partial charge in [-0.05, 0) is 13.0 Å². The van der Waals surface area contributed by atoms with Gasteiger partial charge in [-0.3, -0.25) is 0 Å². The van der Waals surface area contributed by atoms with Crippen LogP contribution in [0.1, 0.15) is 35.4 Å². The first-order valence-electron chi connectivity index (χ1n) is 6.70. The fourth-order valence-corrected chi connectivity index (χ4v) is 2.54. The normalized spacial score (nSPS) is 18.8. The van der Waals surface area contributed by atoms with E-state index in [1.165, 1.54) is 12.5 Å². The second kappa shape index (κ2) is 6.77. The maximum Gasteiger partial charge on any atom is 0.124 e. The summed E-state index contributed by atoms with van der Waals surface area (Å²) in [5, 5.41) is 25.9. The van der Waals surface area contributed by atoms with E-state index in [4.69, 9.17) is 20.1 Å². The van der Waals surface area contributed by atoms with Gasteiger partial charge >= 0.3 is 0 Å². The van der Waals surface area contributed by atoms with Crippen molar-refractivity contribution in [1.82, 2.24) is 9.55 Å². The van der Waals surface area contributed by atoms with Gasteiger partial charge in [0.15, 0.2) is 0 Å². The van der Waals surface area contributed by atoms with Crippen molar-refractivity contribution in [3.8, 4) is 5.75 Å². The molecule has 0 radical (unpaired) electrons. The number of carbonyl (C=O) groups is 1. The third kappa shape index (κ3) is 3.76. The lowest BCUT2D eigenvalue weighted by Gasteiger charge is -2.32. The van der Waals surface area contributed by atoms with E-state index in [0.717, 1.165) is 11.3 Å². The zero-order chi connectivity index (χ0) is 17.0. The number of benzene rings is 1. The minimum atomic E-state index is -1.75. The number of rotatable bonds is 2. The third-order valence-electron chi connectivity index (χ3n) is 3.37. The van der Waals surface area contributed by atoms with E-state index in [9.17, 15) is 9.90 Å². The van der Waals surface area contributed by atoms with Gasteiger partial charge in [0.2, 0.25) is 0 Å². The number of ether oxygens (including phenoxy) is 1. The highest BCUT2D eigenvalue weighted by molar-refractivity contribution is 5.83. The highest BCUT2D eigenvalue weighted by atomic mass is 16.9. The van der Waals surface area contributed by atoms with Crippen molar-refractivity contribution in [3.05, 3.63) is 63.4 Å². The van der Waals surface area contributed by atoms with Crippen molar-refractivity contribution in [2.24, 2.45) is 0 Å². The fourth-order valence-electron chi connectivity index (χ4n) is 2.54. The van der Waals surface area contributed by atoms with Crippen LogP contribution in [0.4, 0.5) is 0 Å². The summed E-state index contributed by atoms with van der Waals surface area (Å²) in [5.41, 5.74) is 1.06. The first-order valence-corrected chi connectivity index (χ1v) is 6.70. The molecule has 1 aromatic heterocycles. The standard InChI is InChI=1S/C14H14N2O3.NO3/c1-9-6-11(10-4-2-3-5-13(10)19-9)16-8-15-7-12(16)14(17)18;2-1(3)4/h2-5,7-9,11H,6H2,1H3,(H,17,18);/q;-1/p-1. The molecule has 23 heavy (non-hydrogen) atoms. The molecule has 122 valence electrons. The van der Waals surface area contributed by atoms with E-state index >= 15 is 0 Å². The quantitative estimate of drug-likeness (QED) is 0.589. The van der Waals surface area contributed by atoms with E-state index in [2.05, 4.69) is 4.98 Å². The van der Waals surface area contributed by atoms with Crippen molar-refractivity contribution < 1.29 is 19.7 Å². The molecule has 2 heterocycles. The number of carboxylic acid groups (broad SMARTS) is 1. The SMILES string of the molecule is CC1CC(n2cncc2C(=O)[O-])c2ccccc2O1.O=[N+]([O-])[O-]. The predicted molar refractivity (Wildman–Crippen MR) is 76.2 cm³/mol. The maximum absolute atomic E-state index is 11.1. The van der Waals surface area contributed by atoms with Gasteiger partial charge in [-0.15, -0.1) is 0 Å². The van der Waals surface area contributed by atoms with Crippen molar-refractivity contribution in [3.63, 3.8) is 0 Å². The Bertz CT molecular complexity index is 710. The monoisotopic (exact) mass is 319 g/mol. The fraction of sp³-hybridized carbons (Fsp3) is 0.286. The molecule has 0 saturated carbocycles. The highest BCUT2D eigenvalue weighted by Crippen LogP contribution is 2.37. The number of hydrogen-bond donors (Lipinski definition) is 0. The highest BCUT2D eigenvalue weighted by Gasteiger charge is 2.28. The number of hydrogen-bond acceptors (Lipinski definition) is 7. The molecule has 9 nitrogen and oxygen atoms in total. The molecular formula is C14H13N3O6-2. The van der Waals surface area contributed by atoms with Gasteiger partial charge in [0, 0.05) is 12.0 Å². The van der Waals surface area contributed by atoms with Crippen LogP contribution in [0.25, 0.3) is 0 Å². The van der Waals surface area contributed by atoms with Crippen LogP contribution in [0.15, 0.2) is 36.8 Å². The molecule has 1 aliphatic heterocycles. The Morgan fingerprint density at radius 2 is 2.04 bits per heavy atom. The Labute approximate surface area is 130 Å². The first kappa shape index (κ1) is 16.3. The number of carbonyl (C=O) groups excluding carboxylic acids is 1. The molecule has 1 aliphatic rings. The Hall–Kier alpha value is -3.10. The number of carboxylic acids is 1. The molecule has 1 aromatic carbocycles. The number of aromatic nitrogens is 2. The van der Waals surface area contributed by atoms with E-state index in [0.29, 0.717) is 6.42 Å². The van der Waals surface area contributed by atoms with Gasteiger partial charge < -0.3 is 34.5 Å². The summed E-state index contributed by atoms with van der Waals surface area (Å²) in [4.78, 5) is 23.3. The number of para-hydroxylation sites is 1. The average Bonchev–Trinajstić information content (AvgIpc) is 2.95. The maximum atomic E-state index is 11.1. The van der Waals surface area contributed by atoms with Crippen molar-refractivity contribution in [2.75, 3.05) is 0 Å². The van der Waals surface area contributed by atoms with Crippen LogP contribution in [-0.2, 0) is 0 Å². The molecule has 0 saturated heterocycles. The molecule has 0 fully saturated rings. The van der Waals surface area contributed by atoms with Gasteiger partial charge in [0.25, 0.3) is 0 Å². The lowest BCUT2D eigenvalue weighted by atomic mass is 9.96. The van der Waals surface area contributed by atoms with Gasteiger partial charge in [-0.1, -0.05) is 18.2 Å². The topological polar surface area (TPSA) is 133 Å². The van der Waals surface area contributed by atoms with Gasteiger partial charge in [0.1, 0.15) is 5.75 Å². The second-order valence-corrected chi connectivity index (χ2v) is 4.92. The van der Waals surface area contributed by atoms with E-state index < -0.39 is 11.1 Å². The van der Waals surface area contributed by atoms with Crippen LogP contribution in [-0.4, -0.2) is 26.7 Å². The summed E-state index contributed by atoms with van der Waals surface area (Å²) in [6, 6.07) is 7.58. The molecule has 2 aromatic rings. The molecule has 0 aliphatic carbocycles. The molecule has 2 atom stereocenters. The molecule has 3 rings (SSSR count). The number of fused-ring (bicyclic) bond motifs is 1. The summed E-state index contributed by atoms with van der Waals surface area (Å²) in [6.45, 7) is 1.97. The second-order valence-electron chi connectivity index (χ2n) is 4.92. The van der Waals surface area contributed by atoms with Crippen LogP contribution in [0.5, 0.6) is 5.75 Å². The molecule has 0 spiro atoms. The molecular weight excluding hydrogens is 306 g/mol. The van der Waals surface area contributed by atoms with Crippen LogP contribution in [0.3, 0.4) is 0 Å². The first-order chi connectivity index (χ1) is 10.9. The van der Waals surface area contributed by atoms with Crippen molar-refractivity contribution >= 4 is 5.97 Å². The zero-order valence-electron chi connectivity index (χ0n) is 12.1. The molecule has 9 heteroatoms. The van der Waals surface area contributed by atoms with E-state index in [1.807, 2.05) is 31.2 Å². The largest absolute Gasteiger partial charge is 0.543 e. The van der Waals surface area contributed by atoms with Crippen LogP contribution in [0.2, 0.25) is 0 Å². The molecule has 0 N–H and O–H groups in total. The van der Waals surface area contributed by atoms with E-state index in [1.54, 1.807) is 4.57 Å². The lowest BCUT2D eigenvalue weighted by molar-refractivity contribution is -0.402. The van der Waals surface area contributed by atoms with Crippen molar-refractivity contribution in [1.29, 1.82) is 0 Å². The number of nitrogens with zero attached hydrogens (tertiary/aromatic N) is 3. The Balaban J connectivity index is 0.000000433. The predicted octanol–water partition coefficient (Wildman–Crippen LogP) is 0.768. The van der Waals surface area contributed by atoms with Gasteiger partial charge in [0.05, 0.1) is 41.4 Å². The Morgan fingerprint density at radius 3 is 2.70 bits per heavy atom. The van der Waals surface area contributed by atoms with Crippen molar-refractivity contribution in [2.45, 2.75) is 25.5 Å².